The van der Waals surface area contributed by atoms with Crippen molar-refractivity contribution in [1.29, 1.82) is 0 Å². The maximum Gasteiger partial charge on any atom is 0.231 e. The number of carbonyl (C=O) groups excluding carboxylic acids is 1. The highest BCUT2D eigenvalue weighted by molar-refractivity contribution is 8.00. The van der Waals surface area contributed by atoms with Crippen LogP contribution in [-0.4, -0.2) is 18.8 Å². The van der Waals surface area contributed by atoms with Crippen molar-refractivity contribution in [3.8, 4) is 5.75 Å². The monoisotopic (exact) mass is 359 g/mol. The Balaban J connectivity index is 1.63. The van der Waals surface area contributed by atoms with Crippen LogP contribution >= 0.6 is 11.8 Å². The Morgan fingerprint density at radius 2 is 1.76 bits per heavy atom. The highest BCUT2D eigenvalue weighted by Gasteiger charge is 2.36. The van der Waals surface area contributed by atoms with E-state index < -0.39 is 0 Å². The molecule has 0 bridgehead atoms. The Labute approximate surface area is 152 Å². The molecule has 0 unspecified atom stereocenters. The van der Waals surface area contributed by atoms with Gasteiger partial charge in [0, 0.05) is 4.90 Å². The van der Waals surface area contributed by atoms with E-state index in [4.69, 9.17) is 4.74 Å². The van der Waals surface area contributed by atoms with Gasteiger partial charge in [-0.1, -0.05) is 25.0 Å². The lowest BCUT2D eigenvalue weighted by molar-refractivity contribution is -0.120. The molecule has 132 valence electrons. The summed E-state index contributed by atoms with van der Waals surface area (Å²) in [5.41, 5.74) is 0.639. The number of hydrogen-bond donors (Lipinski definition) is 1. The number of methoxy groups -OCH3 is 1. The standard InChI is InChI=1S/C20H22FNO2S/c1-24-17-8-10-18(11-9-17)25-14-19(23)22-20(12-2-3-13-20)15-4-6-16(21)7-5-15/h4-11H,2-3,12-14H2,1H3,(H,22,23). The van der Waals surface area contributed by atoms with Crippen molar-refractivity contribution in [1.82, 2.24) is 5.32 Å². The maximum atomic E-state index is 13.2. The van der Waals surface area contributed by atoms with Gasteiger partial charge in [-0.25, -0.2) is 4.39 Å². The molecule has 1 saturated carbocycles. The number of carbonyl (C=O) groups is 1. The van der Waals surface area contributed by atoms with E-state index in [2.05, 4.69) is 5.32 Å². The van der Waals surface area contributed by atoms with Crippen LogP contribution in [-0.2, 0) is 10.3 Å². The average molecular weight is 359 g/mol. The summed E-state index contributed by atoms with van der Waals surface area (Å²) in [6.07, 6.45) is 3.95. The zero-order chi connectivity index (χ0) is 17.7. The second-order valence-electron chi connectivity index (χ2n) is 6.31. The largest absolute Gasteiger partial charge is 0.497 e. The number of amides is 1. The molecule has 1 N–H and O–H groups in total. The minimum atomic E-state index is -0.356. The Hall–Kier alpha value is -2.01. The first kappa shape index (κ1) is 17.8. The lowest BCUT2D eigenvalue weighted by atomic mass is 9.88. The molecule has 25 heavy (non-hydrogen) atoms. The lowest BCUT2D eigenvalue weighted by Crippen LogP contribution is -2.44. The molecule has 0 heterocycles. The van der Waals surface area contributed by atoms with E-state index in [-0.39, 0.29) is 17.3 Å². The third kappa shape index (κ3) is 4.34. The predicted octanol–water partition coefficient (Wildman–Crippen LogP) is 4.51. The van der Waals surface area contributed by atoms with Gasteiger partial charge >= 0.3 is 0 Å². The summed E-state index contributed by atoms with van der Waals surface area (Å²) < 4.78 is 18.4. The van der Waals surface area contributed by atoms with Crippen LogP contribution in [0.4, 0.5) is 4.39 Å². The van der Waals surface area contributed by atoms with Crippen molar-refractivity contribution in [3.63, 3.8) is 0 Å². The first-order valence-corrected chi connectivity index (χ1v) is 9.44. The van der Waals surface area contributed by atoms with E-state index in [0.29, 0.717) is 5.75 Å². The molecule has 1 fully saturated rings. The third-order valence-electron chi connectivity index (χ3n) is 4.66. The quantitative estimate of drug-likeness (QED) is 0.771. The van der Waals surface area contributed by atoms with E-state index in [1.54, 1.807) is 19.2 Å². The summed E-state index contributed by atoms with van der Waals surface area (Å²) in [5, 5.41) is 3.21. The molecule has 1 aliphatic rings. The van der Waals surface area contributed by atoms with Crippen LogP contribution in [0.25, 0.3) is 0 Å². The number of hydrogen-bond acceptors (Lipinski definition) is 3. The number of ether oxygens (including phenoxy) is 1. The van der Waals surface area contributed by atoms with E-state index in [1.165, 1.54) is 23.9 Å². The van der Waals surface area contributed by atoms with Crippen molar-refractivity contribution in [2.45, 2.75) is 36.1 Å². The highest BCUT2D eigenvalue weighted by atomic mass is 32.2. The lowest BCUT2D eigenvalue weighted by Gasteiger charge is -2.31. The third-order valence-corrected chi connectivity index (χ3v) is 5.67. The summed E-state index contributed by atoms with van der Waals surface area (Å²) in [7, 11) is 1.63. The fourth-order valence-electron chi connectivity index (χ4n) is 3.36. The number of benzene rings is 2. The van der Waals surface area contributed by atoms with Crippen LogP contribution in [0.15, 0.2) is 53.4 Å². The minimum absolute atomic E-state index is 0.00652. The summed E-state index contributed by atoms with van der Waals surface area (Å²) >= 11 is 1.50. The van der Waals surface area contributed by atoms with Crippen LogP contribution in [0.3, 0.4) is 0 Å². The van der Waals surface area contributed by atoms with Crippen LogP contribution in [0.5, 0.6) is 5.75 Å². The summed E-state index contributed by atoms with van der Waals surface area (Å²) in [5.74, 6) is 0.912. The van der Waals surface area contributed by atoms with Gasteiger partial charge in [-0.15, -0.1) is 11.8 Å². The number of nitrogens with one attached hydrogen (secondary N) is 1. The van der Waals surface area contributed by atoms with Crippen molar-refractivity contribution in [3.05, 3.63) is 59.9 Å². The predicted molar refractivity (Wildman–Crippen MR) is 98.4 cm³/mol. The van der Waals surface area contributed by atoms with Crippen LogP contribution in [0.2, 0.25) is 0 Å². The Morgan fingerprint density at radius 3 is 2.36 bits per heavy atom. The van der Waals surface area contributed by atoms with Crippen molar-refractivity contribution < 1.29 is 13.9 Å². The molecule has 0 atom stereocenters. The molecule has 0 aliphatic heterocycles. The molecule has 0 spiro atoms. The van der Waals surface area contributed by atoms with Crippen molar-refractivity contribution in [2.75, 3.05) is 12.9 Å². The molecule has 0 radical (unpaired) electrons. The molecule has 1 aliphatic carbocycles. The Bertz CT molecular complexity index is 709. The van der Waals surface area contributed by atoms with Crippen molar-refractivity contribution in [2.24, 2.45) is 0 Å². The van der Waals surface area contributed by atoms with E-state index in [9.17, 15) is 9.18 Å². The zero-order valence-electron chi connectivity index (χ0n) is 14.3. The van der Waals surface area contributed by atoms with Crippen LogP contribution < -0.4 is 10.1 Å². The van der Waals surface area contributed by atoms with Gasteiger partial charge < -0.3 is 10.1 Å². The topological polar surface area (TPSA) is 38.3 Å². The molecule has 3 rings (SSSR count). The first-order chi connectivity index (χ1) is 12.1. The van der Waals surface area contributed by atoms with E-state index in [1.807, 2.05) is 24.3 Å². The fourth-order valence-corrected chi connectivity index (χ4v) is 4.06. The second-order valence-corrected chi connectivity index (χ2v) is 7.36. The Kier molecular flexibility index (Phi) is 5.63. The minimum Gasteiger partial charge on any atom is -0.497 e. The van der Waals surface area contributed by atoms with Gasteiger partial charge in [0.05, 0.1) is 18.4 Å². The molecule has 1 amide bonds. The summed E-state index contributed by atoms with van der Waals surface area (Å²) in [6.45, 7) is 0. The summed E-state index contributed by atoms with van der Waals surface area (Å²) in [6, 6.07) is 14.2. The van der Waals surface area contributed by atoms with Gasteiger partial charge in [-0.2, -0.15) is 0 Å². The highest BCUT2D eigenvalue weighted by Crippen LogP contribution is 2.39. The smallest absolute Gasteiger partial charge is 0.231 e. The van der Waals surface area contributed by atoms with Gasteiger partial charge in [0.15, 0.2) is 0 Å². The van der Waals surface area contributed by atoms with E-state index >= 15 is 0 Å². The fraction of sp³-hybridized carbons (Fsp3) is 0.350. The SMILES string of the molecule is COc1ccc(SCC(=O)NC2(c3ccc(F)cc3)CCCC2)cc1. The Morgan fingerprint density at radius 1 is 1.12 bits per heavy atom. The maximum absolute atomic E-state index is 13.2. The number of halogens is 1. The first-order valence-electron chi connectivity index (χ1n) is 8.45. The van der Waals surface area contributed by atoms with Gasteiger partial charge in [-0.05, 0) is 54.8 Å². The molecule has 0 saturated heterocycles. The zero-order valence-corrected chi connectivity index (χ0v) is 15.1. The molecule has 5 heteroatoms. The van der Waals surface area contributed by atoms with Gasteiger partial charge in [0.1, 0.15) is 11.6 Å². The number of thioether (sulfide) groups is 1. The van der Waals surface area contributed by atoms with Gasteiger partial charge in [0.25, 0.3) is 0 Å². The molecular weight excluding hydrogens is 337 g/mol. The van der Waals surface area contributed by atoms with Gasteiger partial charge in [0.2, 0.25) is 5.91 Å². The van der Waals surface area contributed by atoms with Crippen molar-refractivity contribution >= 4 is 17.7 Å². The average Bonchev–Trinajstić information content (AvgIpc) is 3.10. The second kappa shape index (κ2) is 7.91. The molecular formula is C20H22FNO2S. The number of rotatable bonds is 6. The van der Waals surface area contributed by atoms with Crippen LogP contribution in [0, 0.1) is 5.82 Å². The van der Waals surface area contributed by atoms with Gasteiger partial charge in [-0.3, -0.25) is 4.79 Å². The molecule has 0 aromatic heterocycles. The molecule has 2 aromatic carbocycles. The van der Waals surface area contributed by atoms with Crippen LogP contribution in [0.1, 0.15) is 31.2 Å². The molecule has 3 nitrogen and oxygen atoms in total. The molecule has 2 aromatic rings. The summed E-state index contributed by atoms with van der Waals surface area (Å²) in [4.78, 5) is 13.5. The normalized spacial score (nSPS) is 15.8. The van der Waals surface area contributed by atoms with E-state index in [0.717, 1.165) is 41.9 Å².